The van der Waals surface area contributed by atoms with E-state index in [-0.39, 0.29) is 31.8 Å². The van der Waals surface area contributed by atoms with Crippen LogP contribution >= 0.6 is 0 Å². The minimum Gasteiger partial charge on any atom is -0.481 e. The van der Waals surface area contributed by atoms with Crippen LogP contribution in [0, 0.1) is 11.8 Å². The molecule has 1 aliphatic heterocycles. The molecule has 0 fully saturated rings. The topological polar surface area (TPSA) is 199 Å². The summed E-state index contributed by atoms with van der Waals surface area (Å²) in [5.41, 5.74) is 1.40. The Morgan fingerprint density at radius 3 is 2.54 bits per heavy atom. The molecule has 4 atom stereocenters. The van der Waals surface area contributed by atoms with Crippen LogP contribution in [0.25, 0.3) is 0 Å². The van der Waals surface area contributed by atoms with Crippen LogP contribution in [0.15, 0.2) is 24.3 Å². The van der Waals surface area contributed by atoms with Gasteiger partial charge in [-0.15, -0.1) is 10.2 Å². The van der Waals surface area contributed by atoms with Crippen LogP contribution in [0.5, 0.6) is 0 Å². The van der Waals surface area contributed by atoms with Crippen molar-refractivity contribution in [3.63, 3.8) is 0 Å². The summed E-state index contributed by atoms with van der Waals surface area (Å²) < 4.78 is 0. The number of aromatic nitrogens is 4. The maximum Gasteiger partial charge on any atom is 0.303 e. The van der Waals surface area contributed by atoms with E-state index >= 15 is 0 Å². The van der Waals surface area contributed by atoms with E-state index in [2.05, 4.69) is 36.6 Å². The van der Waals surface area contributed by atoms with E-state index in [1.807, 2.05) is 19.1 Å². The first-order valence-electron chi connectivity index (χ1n) is 12.8. The van der Waals surface area contributed by atoms with Gasteiger partial charge >= 0.3 is 5.97 Å². The van der Waals surface area contributed by atoms with E-state index in [1.165, 1.54) is 4.90 Å². The number of nitrogens with zero attached hydrogens (tertiary/aromatic N) is 4. The fourth-order valence-electron chi connectivity index (χ4n) is 4.42. The first kappa shape index (κ1) is 29.2. The molecule has 2 aromatic rings. The summed E-state index contributed by atoms with van der Waals surface area (Å²) in [5, 5.41) is 30.3. The maximum absolute atomic E-state index is 13.3. The highest BCUT2D eigenvalue weighted by molar-refractivity contribution is 6.05. The molecule has 1 unspecified atom stereocenters. The number of para-hydroxylation sites is 1. The number of amides is 4. The standard InChI is InChI=1S/C25H34N8O6/c1-4-15(3)23(28-20(34)9-14(2)10-22(36)37)25(39)27-13-21(35)33-17-8-6-5-7-16(17)11-18(33)24(38)26-12-19-29-31-32-30-19/h5-8,14-15,18,23H,4,9-13H2,1-3H3,(H,26,38)(H,27,39)(H,28,34)(H,36,37)(H,29,30,31,32)/t14?,15-,18-,23-/m0/s1. The van der Waals surface area contributed by atoms with Gasteiger partial charge in [-0.2, -0.15) is 5.21 Å². The fourth-order valence-corrected chi connectivity index (χ4v) is 4.42. The number of carboxylic acids is 1. The molecule has 210 valence electrons. The van der Waals surface area contributed by atoms with E-state index in [9.17, 15) is 24.0 Å². The second-order valence-electron chi connectivity index (χ2n) is 9.71. The molecule has 5 N–H and O–H groups in total. The molecule has 0 bridgehead atoms. The molecule has 39 heavy (non-hydrogen) atoms. The third-order valence-electron chi connectivity index (χ3n) is 6.64. The van der Waals surface area contributed by atoms with Gasteiger partial charge in [0.1, 0.15) is 12.1 Å². The predicted molar refractivity (Wildman–Crippen MR) is 138 cm³/mol. The Bertz CT molecular complexity index is 1190. The summed E-state index contributed by atoms with van der Waals surface area (Å²) in [7, 11) is 0. The molecule has 0 aliphatic carbocycles. The minimum atomic E-state index is -1.00. The number of rotatable bonds is 13. The van der Waals surface area contributed by atoms with E-state index in [0.29, 0.717) is 24.4 Å². The number of fused-ring (bicyclic) bond motifs is 1. The first-order chi connectivity index (χ1) is 18.6. The highest BCUT2D eigenvalue weighted by atomic mass is 16.4. The average molecular weight is 543 g/mol. The summed E-state index contributed by atoms with van der Waals surface area (Å²) in [5.74, 6) is -3.23. The van der Waals surface area contributed by atoms with Gasteiger partial charge in [-0.3, -0.25) is 28.9 Å². The molecular formula is C25H34N8O6. The van der Waals surface area contributed by atoms with Crippen LogP contribution in [-0.2, 0) is 36.9 Å². The van der Waals surface area contributed by atoms with Crippen molar-refractivity contribution in [3.05, 3.63) is 35.7 Å². The number of tetrazole rings is 1. The molecular weight excluding hydrogens is 508 g/mol. The van der Waals surface area contributed by atoms with Crippen molar-refractivity contribution >= 4 is 35.3 Å². The van der Waals surface area contributed by atoms with Crippen molar-refractivity contribution in [2.24, 2.45) is 11.8 Å². The van der Waals surface area contributed by atoms with Crippen molar-refractivity contribution in [2.75, 3.05) is 11.4 Å². The van der Waals surface area contributed by atoms with Crippen LogP contribution in [0.3, 0.4) is 0 Å². The van der Waals surface area contributed by atoms with Gasteiger partial charge < -0.3 is 21.1 Å². The van der Waals surface area contributed by atoms with Gasteiger partial charge in [0.25, 0.3) is 0 Å². The Labute approximate surface area is 225 Å². The number of carboxylic acid groups (broad SMARTS) is 1. The number of nitrogens with one attached hydrogen (secondary N) is 4. The zero-order valence-corrected chi connectivity index (χ0v) is 22.1. The van der Waals surface area contributed by atoms with Crippen LogP contribution in [0.1, 0.15) is 51.4 Å². The zero-order chi connectivity index (χ0) is 28.5. The molecule has 14 heteroatoms. The molecule has 3 rings (SSSR count). The molecule has 0 saturated carbocycles. The van der Waals surface area contributed by atoms with E-state index < -0.39 is 47.6 Å². The van der Waals surface area contributed by atoms with Gasteiger partial charge in [0.05, 0.1) is 13.1 Å². The van der Waals surface area contributed by atoms with E-state index in [4.69, 9.17) is 5.11 Å². The van der Waals surface area contributed by atoms with Crippen molar-refractivity contribution in [1.82, 2.24) is 36.6 Å². The van der Waals surface area contributed by atoms with Crippen LogP contribution in [0.4, 0.5) is 5.69 Å². The largest absolute Gasteiger partial charge is 0.481 e. The van der Waals surface area contributed by atoms with Gasteiger partial charge in [0.15, 0.2) is 5.82 Å². The quantitative estimate of drug-likeness (QED) is 0.230. The predicted octanol–water partition coefficient (Wildman–Crippen LogP) is -0.0782. The number of aliphatic carboxylic acids is 1. The fraction of sp³-hybridized carbons (Fsp3) is 0.520. The van der Waals surface area contributed by atoms with Crippen molar-refractivity contribution < 1.29 is 29.1 Å². The van der Waals surface area contributed by atoms with Gasteiger partial charge in [0.2, 0.25) is 23.6 Å². The summed E-state index contributed by atoms with van der Waals surface area (Å²) in [6.45, 7) is 4.96. The molecule has 1 aromatic carbocycles. The number of carbonyl (C=O) groups excluding carboxylic acids is 4. The monoisotopic (exact) mass is 542 g/mol. The summed E-state index contributed by atoms with van der Waals surface area (Å²) in [6.07, 6.45) is 0.674. The highest BCUT2D eigenvalue weighted by Crippen LogP contribution is 2.32. The van der Waals surface area contributed by atoms with Crippen LogP contribution in [-0.4, -0.2) is 74.0 Å². The molecule has 2 heterocycles. The van der Waals surface area contributed by atoms with Gasteiger partial charge in [0, 0.05) is 24.9 Å². The summed E-state index contributed by atoms with van der Waals surface area (Å²) in [4.78, 5) is 64.2. The first-order valence-corrected chi connectivity index (χ1v) is 12.8. The molecule has 0 spiro atoms. The second-order valence-corrected chi connectivity index (χ2v) is 9.71. The summed E-state index contributed by atoms with van der Waals surface area (Å²) in [6, 6.07) is 5.41. The highest BCUT2D eigenvalue weighted by Gasteiger charge is 2.38. The normalized spacial score (nSPS) is 16.5. The van der Waals surface area contributed by atoms with Crippen LogP contribution in [0.2, 0.25) is 0 Å². The Hall–Kier alpha value is -4.36. The SMILES string of the molecule is CC[C@H](C)[C@H](NC(=O)CC(C)CC(=O)O)C(=O)NCC(=O)N1c2ccccc2C[C@H]1C(=O)NCc1nn[nH]n1. The summed E-state index contributed by atoms with van der Waals surface area (Å²) >= 11 is 0. The Morgan fingerprint density at radius 1 is 1.13 bits per heavy atom. The van der Waals surface area contributed by atoms with Gasteiger partial charge in [-0.1, -0.05) is 50.6 Å². The van der Waals surface area contributed by atoms with Gasteiger partial charge in [-0.05, 0) is 23.5 Å². The second kappa shape index (κ2) is 13.4. The molecule has 0 saturated heterocycles. The Kier molecular flexibility index (Phi) is 10.1. The minimum absolute atomic E-state index is 0.0301. The van der Waals surface area contributed by atoms with Crippen molar-refractivity contribution in [2.45, 2.75) is 65.1 Å². The van der Waals surface area contributed by atoms with Gasteiger partial charge in [-0.25, -0.2) is 0 Å². The smallest absolute Gasteiger partial charge is 0.303 e. The lowest BCUT2D eigenvalue weighted by Gasteiger charge is -2.27. The number of H-pyrrole nitrogens is 1. The lowest BCUT2D eigenvalue weighted by molar-refractivity contribution is -0.138. The number of anilines is 1. The lowest BCUT2D eigenvalue weighted by atomic mass is 9.97. The molecule has 14 nitrogen and oxygen atoms in total. The van der Waals surface area contributed by atoms with Crippen molar-refractivity contribution in [3.8, 4) is 0 Å². The number of hydrogen-bond acceptors (Lipinski definition) is 8. The molecule has 1 aromatic heterocycles. The number of benzene rings is 1. The molecule has 1 aliphatic rings. The number of aromatic amines is 1. The van der Waals surface area contributed by atoms with E-state index in [0.717, 1.165) is 5.56 Å². The zero-order valence-electron chi connectivity index (χ0n) is 22.1. The Morgan fingerprint density at radius 2 is 1.87 bits per heavy atom. The number of hydrogen-bond donors (Lipinski definition) is 5. The number of carbonyl (C=O) groups is 5. The molecule has 0 radical (unpaired) electrons. The Balaban J connectivity index is 1.65. The third-order valence-corrected chi connectivity index (χ3v) is 6.64. The third kappa shape index (κ3) is 7.82. The average Bonchev–Trinajstić information content (AvgIpc) is 3.55. The lowest BCUT2D eigenvalue weighted by Crippen LogP contribution is -2.54. The van der Waals surface area contributed by atoms with Crippen molar-refractivity contribution in [1.29, 1.82) is 0 Å². The van der Waals surface area contributed by atoms with Crippen LogP contribution < -0.4 is 20.9 Å². The van der Waals surface area contributed by atoms with E-state index in [1.54, 1.807) is 26.0 Å². The maximum atomic E-state index is 13.3. The molecule has 4 amide bonds.